The van der Waals surface area contributed by atoms with Crippen LogP contribution in [0.3, 0.4) is 0 Å². The minimum absolute atomic E-state index is 0.00449. The molecule has 102 valence electrons. The quantitative estimate of drug-likeness (QED) is 0.868. The zero-order valence-electron chi connectivity index (χ0n) is 9.92. The van der Waals surface area contributed by atoms with Crippen LogP contribution in [0, 0.1) is 0 Å². The molecule has 0 unspecified atom stereocenters. The van der Waals surface area contributed by atoms with Crippen LogP contribution in [0.25, 0.3) is 0 Å². The summed E-state index contributed by atoms with van der Waals surface area (Å²) < 4.78 is 0. The average Bonchev–Trinajstić information content (AvgIpc) is 2.95. The molecule has 0 atom stereocenters. The number of rotatable bonds is 5. The van der Waals surface area contributed by atoms with Crippen LogP contribution in [0.1, 0.15) is 16.8 Å². The Morgan fingerprint density at radius 3 is 2.89 bits per heavy atom. The van der Waals surface area contributed by atoms with Gasteiger partial charge in [0.05, 0.1) is 5.56 Å². The Balaban J connectivity index is 1.85. The molecule has 1 aromatic heterocycles. The van der Waals surface area contributed by atoms with Crippen molar-refractivity contribution in [3.05, 3.63) is 17.0 Å². The second kappa shape index (κ2) is 6.07. The van der Waals surface area contributed by atoms with E-state index < -0.39 is 5.97 Å². The van der Waals surface area contributed by atoms with Crippen molar-refractivity contribution in [2.24, 2.45) is 0 Å². The molecule has 0 radical (unpaired) electrons. The fraction of sp³-hybridized carbons (Fsp3) is 0.364. The van der Waals surface area contributed by atoms with Gasteiger partial charge in [0.1, 0.15) is 5.00 Å². The lowest BCUT2D eigenvalue weighted by Crippen LogP contribution is -2.27. The summed E-state index contributed by atoms with van der Waals surface area (Å²) in [6, 6.07) is 1.45. The minimum atomic E-state index is -1.07. The molecule has 0 spiro atoms. The SMILES string of the molecule is O=C(CCN1CCSC1=O)Nc1sccc1C(=O)O. The van der Waals surface area contributed by atoms with Crippen molar-refractivity contribution in [2.45, 2.75) is 6.42 Å². The summed E-state index contributed by atoms with van der Waals surface area (Å²) in [6.07, 6.45) is 0.170. The number of carboxylic acids is 1. The summed E-state index contributed by atoms with van der Waals surface area (Å²) in [5.41, 5.74) is 0.0890. The Kier molecular flexibility index (Phi) is 4.43. The van der Waals surface area contributed by atoms with Crippen LogP contribution in [0.15, 0.2) is 11.4 Å². The fourth-order valence-electron chi connectivity index (χ4n) is 1.63. The molecule has 1 fully saturated rings. The van der Waals surface area contributed by atoms with Crippen LogP contribution >= 0.6 is 23.1 Å². The van der Waals surface area contributed by atoms with Crippen LogP contribution in [0.2, 0.25) is 0 Å². The van der Waals surface area contributed by atoms with Gasteiger partial charge in [-0.25, -0.2) is 4.79 Å². The van der Waals surface area contributed by atoms with E-state index in [0.717, 1.165) is 5.75 Å². The van der Waals surface area contributed by atoms with Crippen molar-refractivity contribution >= 4 is 45.2 Å². The highest BCUT2D eigenvalue weighted by Gasteiger charge is 2.21. The summed E-state index contributed by atoms with van der Waals surface area (Å²) in [5.74, 6) is -0.591. The van der Waals surface area contributed by atoms with Crippen molar-refractivity contribution in [2.75, 3.05) is 24.2 Å². The third-order valence-electron chi connectivity index (χ3n) is 2.60. The Labute approximate surface area is 117 Å². The maximum Gasteiger partial charge on any atom is 0.338 e. The van der Waals surface area contributed by atoms with Gasteiger partial charge in [0.2, 0.25) is 5.91 Å². The van der Waals surface area contributed by atoms with E-state index in [1.807, 2.05) is 0 Å². The largest absolute Gasteiger partial charge is 0.478 e. The van der Waals surface area contributed by atoms with E-state index in [2.05, 4.69) is 5.32 Å². The molecule has 0 aromatic carbocycles. The Bertz CT molecular complexity index is 515. The molecule has 19 heavy (non-hydrogen) atoms. The molecular weight excluding hydrogens is 288 g/mol. The molecule has 2 heterocycles. The van der Waals surface area contributed by atoms with Gasteiger partial charge >= 0.3 is 5.97 Å². The normalized spacial score (nSPS) is 14.7. The maximum absolute atomic E-state index is 11.7. The monoisotopic (exact) mass is 300 g/mol. The molecule has 6 nitrogen and oxygen atoms in total. The van der Waals surface area contributed by atoms with Gasteiger partial charge in [0.15, 0.2) is 0 Å². The topological polar surface area (TPSA) is 86.7 Å². The van der Waals surface area contributed by atoms with Crippen LogP contribution in [0.4, 0.5) is 9.80 Å². The molecule has 2 N–H and O–H groups in total. The standard InChI is InChI=1S/C11H12N2O4S2/c14-8(1-3-13-4-6-19-11(13)17)12-9-7(10(15)16)2-5-18-9/h2,5H,1,3-4,6H2,(H,12,14)(H,15,16). The average molecular weight is 300 g/mol. The number of hydrogen-bond donors (Lipinski definition) is 2. The smallest absolute Gasteiger partial charge is 0.338 e. The van der Waals surface area contributed by atoms with E-state index in [1.54, 1.807) is 10.3 Å². The van der Waals surface area contributed by atoms with Crippen molar-refractivity contribution in [1.82, 2.24) is 4.90 Å². The van der Waals surface area contributed by atoms with Gasteiger partial charge in [-0.3, -0.25) is 9.59 Å². The number of anilines is 1. The summed E-state index contributed by atoms with van der Waals surface area (Å²) in [6.45, 7) is 1.03. The van der Waals surface area contributed by atoms with E-state index in [0.29, 0.717) is 18.1 Å². The first-order valence-corrected chi connectivity index (χ1v) is 7.47. The van der Waals surface area contributed by atoms with E-state index in [1.165, 1.54) is 29.2 Å². The summed E-state index contributed by atoms with van der Waals surface area (Å²) >= 11 is 2.42. The lowest BCUT2D eigenvalue weighted by molar-refractivity contribution is -0.116. The predicted octanol–water partition coefficient (Wildman–Crippen LogP) is 1.94. The van der Waals surface area contributed by atoms with E-state index in [4.69, 9.17) is 5.11 Å². The molecule has 1 aromatic rings. The lowest BCUT2D eigenvalue weighted by Gasteiger charge is -2.13. The van der Waals surface area contributed by atoms with Crippen molar-refractivity contribution < 1.29 is 19.5 Å². The van der Waals surface area contributed by atoms with E-state index in [-0.39, 0.29) is 23.1 Å². The first-order valence-electron chi connectivity index (χ1n) is 5.60. The molecule has 0 aliphatic carbocycles. The summed E-state index contributed by atoms with van der Waals surface area (Å²) in [4.78, 5) is 35.5. The number of aromatic carboxylic acids is 1. The maximum atomic E-state index is 11.7. The zero-order valence-corrected chi connectivity index (χ0v) is 11.6. The second-order valence-corrected chi connectivity index (χ2v) is 5.83. The molecule has 1 aliphatic heterocycles. The van der Waals surface area contributed by atoms with E-state index >= 15 is 0 Å². The predicted molar refractivity (Wildman–Crippen MR) is 74.0 cm³/mol. The number of hydrogen-bond acceptors (Lipinski definition) is 5. The fourth-order valence-corrected chi connectivity index (χ4v) is 3.28. The number of carbonyl (C=O) groups is 3. The van der Waals surface area contributed by atoms with Crippen molar-refractivity contribution in [3.8, 4) is 0 Å². The second-order valence-electron chi connectivity index (χ2n) is 3.87. The Morgan fingerprint density at radius 2 is 2.26 bits per heavy atom. The molecule has 0 bridgehead atoms. The molecule has 2 rings (SSSR count). The number of nitrogens with one attached hydrogen (secondary N) is 1. The van der Waals surface area contributed by atoms with Gasteiger partial charge < -0.3 is 15.3 Å². The van der Waals surface area contributed by atoms with E-state index in [9.17, 15) is 14.4 Å². The van der Waals surface area contributed by atoms with Crippen LogP contribution < -0.4 is 5.32 Å². The minimum Gasteiger partial charge on any atom is -0.478 e. The van der Waals surface area contributed by atoms with Gasteiger partial charge in [0, 0.05) is 25.3 Å². The number of carbonyl (C=O) groups excluding carboxylic acids is 2. The molecule has 1 saturated heterocycles. The molecule has 0 saturated carbocycles. The van der Waals surface area contributed by atoms with Crippen LogP contribution in [-0.4, -0.2) is 46.0 Å². The Morgan fingerprint density at radius 1 is 1.47 bits per heavy atom. The first-order chi connectivity index (χ1) is 9.08. The zero-order chi connectivity index (χ0) is 13.8. The molecule has 2 amide bonds. The summed E-state index contributed by atoms with van der Waals surface area (Å²) in [5, 5.41) is 13.4. The van der Waals surface area contributed by atoms with Crippen LogP contribution in [0.5, 0.6) is 0 Å². The summed E-state index contributed by atoms with van der Waals surface area (Å²) in [7, 11) is 0. The third kappa shape index (κ3) is 3.48. The highest BCUT2D eigenvalue weighted by molar-refractivity contribution is 8.13. The lowest BCUT2D eigenvalue weighted by atomic mass is 10.3. The number of nitrogens with zero attached hydrogens (tertiary/aromatic N) is 1. The number of carboxylic acid groups (broad SMARTS) is 1. The molecular formula is C11H12N2O4S2. The third-order valence-corrected chi connectivity index (χ3v) is 4.32. The molecule has 1 aliphatic rings. The Hall–Kier alpha value is -1.54. The molecule has 8 heteroatoms. The van der Waals surface area contributed by atoms with Crippen LogP contribution in [-0.2, 0) is 4.79 Å². The van der Waals surface area contributed by atoms with Gasteiger partial charge in [-0.2, -0.15) is 0 Å². The van der Waals surface area contributed by atoms with Crippen molar-refractivity contribution in [3.63, 3.8) is 0 Å². The first kappa shape index (κ1) is 13.9. The van der Waals surface area contributed by atoms with Gasteiger partial charge in [-0.1, -0.05) is 11.8 Å². The number of thiophene rings is 1. The van der Waals surface area contributed by atoms with Crippen molar-refractivity contribution in [1.29, 1.82) is 0 Å². The highest BCUT2D eigenvalue weighted by atomic mass is 32.2. The highest BCUT2D eigenvalue weighted by Crippen LogP contribution is 2.23. The van der Waals surface area contributed by atoms with Gasteiger partial charge in [-0.05, 0) is 11.4 Å². The number of thioether (sulfide) groups is 1. The van der Waals surface area contributed by atoms with Gasteiger partial charge in [-0.15, -0.1) is 11.3 Å². The number of amides is 2. The van der Waals surface area contributed by atoms with Gasteiger partial charge in [0.25, 0.3) is 5.24 Å².